The van der Waals surface area contributed by atoms with Crippen LogP contribution in [0, 0.1) is 22.7 Å². The van der Waals surface area contributed by atoms with Gasteiger partial charge in [0.15, 0.2) is 5.78 Å². The molecule has 1 N–H and O–H groups in total. The van der Waals surface area contributed by atoms with Crippen molar-refractivity contribution in [3.8, 4) is 0 Å². The van der Waals surface area contributed by atoms with Crippen LogP contribution in [0.1, 0.15) is 60.3 Å². The first-order valence-corrected chi connectivity index (χ1v) is 8.63. The number of hydrogen-bond acceptors (Lipinski definition) is 3. The van der Waals surface area contributed by atoms with E-state index in [1.54, 1.807) is 6.08 Å². The highest BCUT2D eigenvalue weighted by Crippen LogP contribution is 2.59. The lowest BCUT2D eigenvalue weighted by Crippen LogP contribution is -2.58. The fraction of sp³-hybridized carbons (Fsp3) is 0.700. The Labute approximate surface area is 139 Å². The van der Waals surface area contributed by atoms with Crippen LogP contribution in [0.5, 0.6) is 0 Å². The summed E-state index contributed by atoms with van der Waals surface area (Å²) in [5.74, 6) is 0.604. The predicted molar refractivity (Wildman–Crippen MR) is 91.9 cm³/mol. The van der Waals surface area contributed by atoms with E-state index in [1.807, 2.05) is 20.8 Å². The Balaban J connectivity index is 2.33. The third-order valence-corrected chi connectivity index (χ3v) is 6.46. The van der Waals surface area contributed by atoms with Gasteiger partial charge < -0.3 is 5.11 Å². The molecule has 0 heterocycles. The van der Waals surface area contributed by atoms with Gasteiger partial charge in [-0.3, -0.25) is 9.59 Å². The van der Waals surface area contributed by atoms with E-state index >= 15 is 0 Å². The standard InChI is InChI=1S/C20H30O3/c1-13(10-11-21)6-8-15-14(2)7-9-17-19(3,4)18(23)16(22)12-20(15,17)5/h7,10-11,15,17-18,23H,6,8-9,12H2,1-5H3. The van der Waals surface area contributed by atoms with Crippen molar-refractivity contribution in [3.05, 3.63) is 23.3 Å². The second-order valence-corrected chi connectivity index (χ2v) is 8.35. The van der Waals surface area contributed by atoms with Crippen molar-refractivity contribution in [1.29, 1.82) is 0 Å². The molecular weight excluding hydrogens is 288 g/mol. The summed E-state index contributed by atoms with van der Waals surface area (Å²) in [6, 6.07) is 0. The van der Waals surface area contributed by atoms with Gasteiger partial charge >= 0.3 is 0 Å². The van der Waals surface area contributed by atoms with Crippen LogP contribution in [0.15, 0.2) is 23.3 Å². The maximum absolute atomic E-state index is 12.4. The number of allylic oxidation sites excluding steroid dienone is 4. The molecular formula is C20H30O3. The third-order valence-electron chi connectivity index (χ3n) is 6.46. The highest BCUT2D eigenvalue weighted by molar-refractivity contribution is 5.85. The summed E-state index contributed by atoms with van der Waals surface area (Å²) in [5, 5.41) is 10.4. The average Bonchev–Trinajstić information content (AvgIpc) is 2.44. The number of rotatable bonds is 4. The predicted octanol–water partition coefficient (Wildman–Crippen LogP) is 3.86. The number of aliphatic hydroxyl groups is 1. The minimum Gasteiger partial charge on any atom is -0.385 e. The summed E-state index contributed by atoms with van der Waals surface area (Å²) >= 11 is 0. The first-order valence-electron chi connectivity index (χ1n) is 8.63. The van der Waals surface area contributed by atoms with Crippen molar-refractivity contribution in [2.24, 2.45) is 22.7 Å². The highest BCUT2D eigenvalue weighted by atomic mass is 16.3. The van der Waals surface area contributed by atoms with Crippen LogP contribution < -0.4 is 0 Å². The zero-order chi connectivity index (χ0) is 17.4. The normalized spacial score (nSPS) is 37.1. The molecule has 0 aliphatic heterocycles. The number of aliphatic hydroxyl groups excluding tert-OH is 1. The van der Waals surface area contributed by atoms with Gasteiger partial charge in [-0.2, -0.15) is 0 Å². The first kappa shape index (κ1) is 18.1. The Morgan fingerprint density at radius 2 is 2.04 bits per heavy atom. The number of carbonyl (C=O) groups excluding carboxylic acids is 2. The van der Waals surface area contributed by atoms with Gasteiger partial charge in [0, 0.05) is 11.8 Å². The third kappa shape index (κ3) is 3.08. The molecule has 3 nitrogen and oxygen atoms in total. The zero-order valence-electron chi connectivity index (χ0n) is 15.1. The average molecular weight is 318 g/mol. The van der Waals surface area contributed by atoms with Gasteiger partial charge in [0.1, 0.15) is 12.4 Å². The Morgan fingerprint density at radius 1 is 1.39 bits per heavy atom. The van der Waals surface area contributed by atoms with Gasteiger partial charge in [-0.1, -0.05) is 38.0 Å². The van der Waals surface area contributed by atoms with Crippen molar-refractivity contribution in [3.63, 3.8) is 0 Å². The van der Waals surface area contributed by atoms with Gasteiger partial charge in [-0.05, 0) is 56.4 Å². The van der Waals surface area contributed by atoms with Crippen molar-refractivity contribution in [2.75, 3.05) is 0 Å². The minimum atomic E-state index is -0.857. The smallest absolute Gasteiger partial charge is 0.162 e. The molecule has 2 aliphatic carbocycles. The molecule has 128 valence electrons. The van der Waals surface area contributed by atoms with E-state index in [4.69, 9.17) is 0 Å². The molecule has 0 spiro atoms. The lowest BCUT2D eigenvalue weighted by atomic mass is 9.47. The van der Waals surface area contributed by atoms with E-state index in [1.165, 1.54) is 5.57 Å². The number of carbonyl (C=O) groups is 2. The molecule has 0 aromatic rings. The minimum absolute atomic E-state index is 0.0198. The molecule has 2 aliphatic rings. The fourth-order valence-electron chi connectivity index (χ4n) is 5.08. The number of Topliss-reactive ketones (excluding diaryl/α,β-unsaturated/α-hetero) is 1. The van der Waals surface area contributed by atoms with Crippen LogP contribution in [0.25, 0.3) is 0 Å². The quantitative estimate of drug-likeness (QED) is 0.486. The van der Waals surface area contributed by atoms with E-state index in [2.05, 4.69) is 19.9 Å². The summed E-state index contributed by atoms with van der Waals surface area (Å²) in [6.45, 7) is 10.4. The molecule has 2 rings (SSSR count). The van der Waals surface area contributed by atoms with Gasteiger partial charge in [-0.25, -0.2) is 0 Å². The number of ketones is 1. The monoisotopic (exact) mass is 318 g/mol. The Kier molecular flexibility index (Phi) is 5.00. The molecule has 0 aromatic carbocycles. The maximum atomic E-state index is 12.4. The summed E-state index contributed by atoms with van der Waals surface area (Å²) in [7, 11) is 0. The van der Waals surface area contributed by atoms with Crippen LogP contribution >= 0.6 is 0 Å². The largest absolute Gasteiger partial charge is 0.385 e. The van der Waals surface area contributed by atoms with Crippen molar-refractivity contribution in [1.82, 2.24) is 0 Å². The van der Waals surface area contributed by atoms with Gasteiger partial charge in [0.05, 0.1) is 0 Å². The first-order chi connectivity index (χ1) is 10.6. The number of hydrogen-bond donors (Lipinski definition) is 1. The van der Waals surface area contributed by atoms with E-state index in [-0.39, 0.29) is 11.2 Å². The Hall–Kier alpha value is -1.22. The van der Waals surface area contributed by atoms with Crippen LogP contribution in [0.3, 0.4) is 0 Å². The molecule has 0 amide bonds. The van der Waals surface area contributed by atoms with Crippen molar-refractivity contribution >= 4 is 12.1 Å². The Morgan fingerprint density at radius 3 is 2.65 bits per heavy atom. The molecule has 0 bridgehead atoms. The summed E-state index contributed by atoms with van der Waals surface area (Å²) in [5.41, 5.74) is 1.93. The molecule has 23 heavy (non-hydrogen) atoms. The topological polar surface area (TPSA) is 54.4 Å². The van der Waals surface area contributed by atoms with Crippen molar-refractivity contribution < 1.29 is 14.7 Å². The van der Waals surface area contributed by atoms with E-state index < -0.39 is 11.5 Å². The summed E-state index contributed by atoms with van der Waals surface area (Å²) in [6.07, 6.45) is 7.10. The fourth-order valence-corrected chi connectivity index (χ4v) is 5.08. The van der Waals surface area contributed by atoms with E-state index in [0.717, 1.165) is 31.1 Å². The van der Waals surface area contributed by atoms with Gasteiger partial charge in [0.25, 0.3) is 0 Å². The Bertz CT molecular complexity index is 555. The number of fused-ring (bicyclic) bond motifs is 1. The molecule has 4 atom stereocenters. The SMILES string of the molecule is CC(=CC=O)CCC1C(C)=CCC2C(C)(C)C(O)C(=O)CC12C. The van der Waals surface area contributed by atoms with E-state index in [0.29, 0.717) is 18.3 Å². The molecule has 0 saturated heterocycles. The maximum Gasteiger partial charge on any atom is 0.162 e. The second kappa shape index (κ2) is 6.35. The lowest BCUT2D eigenvalue weighted by Gasteiger charge is -2.57. The van der Waals surface area contributed by atoms with Crippen LogP contribution in [0.2, 0.25) is 0 Å². The highest BCUT2D eigenvalue weighted by Gasteiger charge is 2.57. The van der Waals surface area contributed by atoms with E-state index in [9.17, 15) is 14.7 Å². The molecule has 4 unspecified atom stereocenters. The summed E-state index contributed by atoms with van der Waals surface area (Å²) in [4.78, 5) is 23.1. The van der Waals surface area contributed by atoms with Crippen LogP contribution in [-0.4, -0.2) is 23.3 Å². The van der Waals surface area contributed by atoms with Crippen molar-refractivity contribution in [2.45, 2.75) is 66.4 Å². The molecule has 1 fully saturated rings. The summed E-state index contributed by atoms with van der Waals surface area (Å²) < 4.78 is 0. The lowest BCUT2D eigenvalue weighted by molar-refractivity contribution is -0.159. The molecule has 0 aromatic heterocycles. The van der Waals surface area contributed by atoms with Gasteiger partial charge in [-0.15, -0.1) is 0 Å². The molecule has 0 radical (unpaired) electrons. The number of aldehydes is 1. The zero-order valence-corrected chi connectivity index (χ0v) is 15.1. The van der Waals surface area contributed by atoms with Crippen LogP contribution in [-0.2, 0) is 9.59 Å². The molecule has 1 saturated carbocycles. The van der Waals surface area contributed by atoms with Crippen LogP contribution in [0.4, 0.5) is 0 Å². The van der Waals surface area contributed by atoms with Gasteiger partial charge in [0.2, 0.25) is 0 Å². The molecule has 3 heteroatoms. The second-order valence-electron chi connectivity index (χ2n) is 8.35.